The molecule has 134 valence electrons. The number of pyridine rings is 1. The molecule has 5 nitrogen and oxygen atoms in total. The molecule has 4 rings (SSSR count). The van der Waals surface area contributed by atoms with Crippen LogP contribution in [0, 0.1) is 13.8 Å². The van der Waals surface area contributed by atoms with Crippen molar-refractivity contribution in [3.63, 3.8) is 0 Å². The Morgan fingerprint density at radius 1 is 1.04 bits per heavy atom. The quantitative estimate of drug-likeness (QED) is 0.587. The molecule has 0 saturated carbocycles. The van der Waals surface area contributed by atoms with Gasteiger partial charge in [0.1, 0.15) is 0 Å². The van der Waals surface area contributed by atoms with Gasteiger partial charge in [0.25, 0.3) is 0 Å². The Hall–Kier alpha value is -3.08. The third-order valence-electron chi connectivity index (χ3n) is 4.25. The van der Waals surface area contributed by atoms with E-state index in [1.165, 1.54) is 11.3 Å². The molecule has 1 N–H and O–H groups in total. The maximum atomic E-state index is 4.28. The van der Waals surface area contributed by atoms with Gasteiger partial charge in [-0.2, -0.15) is 0 Å². The lowest BCUT2D eigenvalue weighted by Gasteiger charge is -2.11. The third-order valence-corrected chi connectivity index (χ3v) is 4.25. The number of nitrogens with one attached hydrogen (secondary N) is 1. The average Bonchev–Trinajstić information content (AvgIpc) is 3.20. The number of hydrogen-bond acceptors (Lipinski definition) is 3. The summed E-state index contributed by atoms with van der Waals surface area (Å²) in [6.07, 6.45) is 5.54. The van der Waals surface area contributed by atoms with E-state index in [4.69, 9.17) is 0 Å². The first kappa shape index (κ1) is 17.7. The first-order chi connectivity index (χ1) is 12.4. The fraction of sp³-hybridized carbons (Fsp3) is 0.238. The van der Waals surface area contributed by atoms with Gasteiger partial charge in [0.05, 0.1) is 23.9 Å². The molecule has 0 saturated heterocycles. The largest absolute Gasteiger partial charge is 0.378 e. The summed E-state index contributed by atoms with van der Waals surface area (Å²) >= 11 is 0. The van der Waals surface area contributed by atoms with Gasteiger partial charge in [-0.1, -0.05) is 12.1 Å². The van der Waals surface area contributed by atoms with Crippen LogP contribution in [0.3, 0.4) is 0 Å². The standard InChI is InChI=1S/C12H12N4.C9H13N/c1-8-3-10-9(5-14-8)4-11(15-10)12-6-13-7-16(12)2;1-8-5-4-6-9(7-8)10(2)3/h3-7,15H,1-2H3;4-7H,1-3H3. The maximum absolute atomic E-state index is 4.28. The monoisotopic (exact) mass is 347 g/mol. The zero-order valence-electron chi connectivity index (χ0n) is 16.0. The molecule has 0 aliphatic heterocycles. The van der Waals surface area contributed by atoms with Crippen LogP contribution < -0.4 is 4.90 Å². The van der Waals surface area contributed by atoms with E-state index in [-0.39, 0.29) is 0 Å². The fourth-order valence-corrected chi connectivity index (χ4v) is 2.79. The molecule has 0 unspecified atom stereocenters. The highest BCUT2D eigenvalue weighted by Crippen LogP contribution is 2.23. The SMILES string of the molecule is Cc1cc2[nH]c(-c3cncn3C)cc2cn1.Cc1cccc(N(C)C)c1. The van der Waals surface area contributed by atoms with E-state index in [1.54, 1.807) is 6.33 Å². The predicted octanol–water partition coefficient (Wildman–Crippen LogP) is 4.33. The smallest absolute Gasteiger partial charge is 0.0948 e. The van der Waals surface area contributed by atoms with Crippen LogP contribution in [0.5, 0.6) is 0 Å². The van der Waals surface area contributed by atoms with Crippen molar-refractivity contribution in [3.8, 4) is 11.4 Å². The molecule has 4 aromatic rings. The van der Waals surface area contributed by atoms with Gasteiger partial charge in [-0.15, -0.1) is 0 Å². The summed E-state index contributed by atoms with van der Waals surface area (Å²) in [7, 11) is 6.08. The molecule has 0 radical (unpaired) electrons. The number of nitrogens with zero attached hydrogens (tertiary/aromatic N) is 4. The molecule has 0 bridgehead atoms. The Morgan fingerprint density at radius 3 is 2.46 bits per heavy atom. The molecule has 0 spiro atoms. The average molecular weight is 347 g/mol. The number of H-pyrrole nitrogens is 1. The van der Waals surface area contributed by atoms with Crippen molar-refractivity contribution in [2.45, 2.75) is 13.8 Å². The van der Waals surface area contributed by atoms with Crippen LogP contribution in [0.15, 0.2) is 55.1 Å². The molecule has 5 heteroatoms. The summed E-state index contributed by atoms with van der Waals surface area (Å²) in [5.41, 5.74) is 6.86. The van der Waals surface area contributed by atoms with Gasteiger partial charge in [-0.05, 0) is 43.7 Å². The molecular formula is C21H25N5. The van der Waals surface area contributed by atoms with Crippen LogP contribution >= 0.6 is 0 Å². The second kappa shape index (κ2) is 7.44. The summed E-state index contributed by atoms with van der Waals surface area (Å²) in [5, 5.41) is 1.13. The van der Waals surface area contributed by atoms with Gasteiger partial charge in [-0.3, -0.25) is 4.98 Å². The summed E-state index contributed by atoms with van der Waals surface area (Å²) in [6, 6.07) is 12.6. The lowest BCUT2D eigenvalue weighted by molar-refractivity contribution is 0.918. The van der Waals surface area contributed by atoms with Crippen LogP contribution in [0.4, 0.5) is 5.69 Å². The number of aromatic amines is 1. The van der Waals surface area contributed by atoms with E-state index in [0.29, 0.717) is 0 Å². The number of aryl methyl sites for hydroxylation is 3. The summed E-state index contributed by atoms with van der Waals surface area (Å²) in [4.78, 5) is 13.9. The number of anilines is 1. The highest BCUT2D eigenvalue weighted by Gasteiger charge is 2.06. The molecule has 0 aliphatic carbocycles. The minimum atomic E-state index is 1.02. The van der Waals surface area contributed by atoms with Gasteiger partial charge in [0, 0.05) is 49.6 Å². The zero-order valence-corrected chi connectivity index (χ0v) is 16.0. The summed E-state index contributed by atoms with van der Waals surface area (Å²) in [6.45, 7) is 4.09. The molecule has 26 heavy (non-hydrogen) atoms. The fourth-order valence-electron chi connectivity index (χ4n) is 2.79. The van der Waals surface area contributed by atoms with Crippen molar-refractivity contribution in [1.82, 2.24) is 19.5 Å². The first-order valence-corrected chi connectivity index (χ1v) is 8.60. The minimum Gasteiger partial charge on any atom is -0.378 e. The number of imidazole rings is 1. The molecule has 0 amide bonds. The number of fused-ring (bicyclic) bond motifs is 1. The van der Waals surface area contributed by atoms with E-state index in [1.807, 2.05) is 30.9 Å². The molecule has 0 atom stereocenters. The van der Waals surface area contributed by atoms with Gasteiger partial charge >= 0.3 is 0 Å². The van der Waals surface area contributed by atoms with Crippen LogP contribution in [0.1, 0.15) is 11.3 Å². The molecule has 1 aromatic carbocycles. The van der Waals surface area contributed by atoms with Crippen molar-refractivity contribution in [2.24, 2.45) is 7.05 Å². The number of aromatic nitrogens is 4. The highest BCUT2D eigenvalue weighted by molar-refractivity contribution is 5.84. The van der Waals surface area contributed by atoms with Crippen molar-refractivity contribution in [2.75, 3.05) is 19.0 Å². The number of hydrogen-bond donors (Lipinski definition) is 1. The van der Waals surface area contributed by atoms with E-state index >= 15 is 0 Å². The lowest BCUT2D eigenvalue weighted by atomic mass is 10.2. The second-order valence-corrected chi connectivity index (χ2v) is 6.72. The molecule has 0 aliphatic rings. The van der Waals surface area contributed by atoms with E-state index < -0.39 is 0 Å². The minimum absolute atomic E-state index is 1.02. The van der Waals surface area contributed by atoms with Crippen molar-refractivity contribution in [3.05, 3.63) is 66.4 Å². The second-order valence-electron chi connectivity index (χ2n) is 6.72. The summed E-state index contributed by atoms with van der Waals surface area (Å²) < 4.78 is 1.99. The number of benzene rings is 1. The zero-order chi connectivity index (χ0) is 18.7. The predicted molar refractivity (Wildman–Crippen MR) is 109 cm³/mol. The van der Waals surface area contributed by atoms with Gasteiger partial charge in [-0.25, -0.2) is 4.98 Å². The van der Waals surface area contributed by atoms with Gasteiger partial charge in [0.2, 0.25) is 0 Å². The van der Waals surface area contributed by atoms with Gasteiger partial charge in [0.15, 0.2) is 0 Å². The van der Waals surface area contributed by atoms with Gasteiger partial charge < -0.3 is 14.5 Å². The van der Waals surface area contributed by atoms with Crippen molar-refractivity contribution < 1.29 is 0 Å². The van der Waals surface area contributed by atoms with Crippen LogP contribution in [0.25, 0.3) is 22.3 Å². The highest BCUT2D eigenvalue weighted by atomic mass is 15.1. The lowest BCUT2D eigenvalue weighted by Crippen LogP contribution is -2.08. The maximum Gasteiger partial charge on any atom is 0.0948 e. The van der Waals surface area contributed by atoms with Crippen LogP contribution in [0.2, 0.25) is 0 Å². The third kappa shape index (κ3) is 3.94. The first-order valence-electron chi connectivity index (χ1n) is 8.60. The van der Waals surface area contributed by atoms with E-state index in [0.717, 1.165) is 28.0 Å². The Bertz CT molecular complexity index is 1010. The topological polar surface area (TPSA) is 49.7 Å². The van der Waals surface area contributed by atoms with Crippen molar-refractivity contribution in [1.29, 1.82) is 0 Å². The number of rotatable bonds is 2. The van der Waals surface area contributed by atoms with E-state index in [9.17, 15) is 0 Å². The molecule has 3 heterocycles. The van der Waals surface area contributed by atoms with Crippen LogP contribution in [-0.2, 0) is 7.05 Å². The van der Waals surface area contributed by atoms with E-state index in [2.05, 4.69) is 77.3 Å². The summed E-state index contributed by atoms with van der Waals surface area (Å²) in [5.74, 6) is 0. The Morgan fingerprint density at radius 2 is 1.85 bits per heavy atom. The van der Waals surface area contributed by atoms with Crippen molar-refractivity contribution >= 4 is 16.6 Å². The molecule has 0 fully saturated rings. The normalized spacial score (nSPS) is 10.5. The Balaban J connectivity index is 0.000000170. The Kier molecular flexibility index (Phi) is 5.07. The Labute approximate surface area is 154 Å². The molecule has 3 aromatic heterocycles. The van der Waals surface area contributed by atoms with Crippen LogP contribution in [-0.4, -0.2) is 33.6 Å². The molecular weight excluding hydrogens is 322 g/mol.